The minimum Gasteiger partial charge on any atom is -0.387 e. The Labute approximate surface area is 147 Å². The molecular formula is C22H21NO2. The molecule has 4 rings (SSSR count). The Morgan fingerprint density at radius 2 is 1.72 bits per heavy atom. The van der Waals surface area contributed by atoms with Crippen molar-refractivity contribution in [1.29, 1.82) is 0 Å². The average molecular weight is 331 g/mol. The molecule has 3 aromatic carbocycles. The zero-order chi connectivity index (χ0) is 17.2. The number of nitrogens with one attached hydrogen (secondary N) is 1. The van der Waals surface area contributed by atoms with Gasteiger partial charge in [-0.1, -0.05) is 66.7 Å². The second-order valence-corrected chi connectivity index (χ2v) is 6.73. The molecule has 1 amide bonds. The molecule has 3 nitrogen and oxygen atoms in total. The number of carbonyl (C=O) groups is 1. The highest BCUT2D eigenvalue weighted by atomic mass is 16.3. The van der Waals surface area contributed by atoms with Gasteiger partial charge in [0.25, 0.3) is 0 Å². The van der Waals surface area contributed by atoms with Crippen LogP contribution in [0, 0.1) is 5.92 Å². The molecule has 1 saturated carbocycles. The van der Waals surface area contributed by atoms with E-state index in [0.717, 1.165) is 22.8 Å². The lowest BCUT2D eigenvalue weighted by atomic mass is 10.0. The van der Waals surface area contributed by atoms with Gasteiger partial charge < -0.3 is 10.4 Å². The first-order valence-electron chi connectivity index (χ1n) is 8.72. The number of rotatable bonds is 5. The fourth-order valence-corrected chi connectivity index (χ4v) is 3.41. The van der Waals surface area contributed by atoms with Crippen LogP contribution in [0.3, 0.4) is 0 Å². The van der Waals surface area contributed by atoms with Gasteiger partial charge in [0.05, 0.1) is 6.10 Å². The number of aliphatic hydroxyl groups excluding tert-OH is 1. The highest BCUT2D eigenvalue weighted by molar-refractivity contribution is 5.84. The summed E-state index contributed by atoms with van der Waals surface area (Å²) in [6, 6.07) is 24.1. The smallest absolute Gasteiger partial charge is 0.223 e. The first-order chi connectivity index (χ1) is 12.2. The summed E-state index contributed by atoms with van der Waals surface area (Å²) in [6.07, 6.45) is 0.199. The van der Waals surface area contributed by atoms with E-state index >= 15 is 0 Å². The van der Waals surface area contributed by atoms with Gasteiger partial charge in [-0.2, -0.15) is 0 Å². The second kappa shape index (κ2) is 6.69. The molecule has 25 heavy (non-hydrogen) atoms. The van der Waals surface area contributed by atoms with Crippen molar-refractivity contribution >= 4 is 16.7 Å². The van der Waals surface area contributed by atoms with Crippen molar-refractivity contribution in [2.75, 3.05) is 6.54 Å². The van der Waals surface area contributed by atoms with Crippen molar-refractivity contribution in [3.05, 3.63) is 83.9 Å². The summed E-state index contributed by atoms with van der Waals surface area (Å²) in [5.41, 5.74) is 2.05. The molecule has 0 aliphatic heterocycles. The summed E-state index contributed by atoms with van der Waals surface area (Å²) < 4.78 is 0. The third-order valence-corrected chi connectivity index (χ3v) is 4.98. The fourth-order valence-electron chi connectivity index (χ4n) is 3.41. The van der Waals surface area contributed by atoms with Gasteiger partial charge >= 0.3 is 0 Å². The average Bonchev–Trinajstić information content (AvgIpc) is 3.47. The van der Waals surface area contributed by atoms with Gasteiger partial charge in [0.15, 0.2) is 0 Å². The Hall–Kier alpha value is -2.65. The lowest BCUT2D eigenvalue weighted by Gasteiger charge is -2.13. The molecule has 3 unspecified atom stereocenters. The van der Waals surface area contributed by atoms with Crippen LogP contribution in [0.2, 0.25) is 0 Å². The third kappa shape index (κ3) is 3.42. The van der Waals surface area contributed by atoms with Gasteiger partial charge in [-0.25, -0.2) is 0 Å². The van der Waals surface area contributed by atoms with Crippen LogP contribution in [0.25, 0.3) is 10.8 Å². The number of fused-ring (bicyclic) bond motifs is 1. The number of benzene rings is 3. The lowest BCUT2D eigenvalue weighted by molar-refractivity contribution is -0.122. The largest absolute Gasteiger partial charge is 0.387 e. The lowest BCUT2D eigenvalue weighted by Crippen LogP contribution is -2.30. The van der Waals surface area contributed by atoms with E-state index < -0.39 is 6.10 Å². The van der Waals surface area contributed by atoms with Crippen molar-refractivity contribution in [1.82, 2.24) is 5.32 Å². The summed E-state index contributed by atoms with van der Waals surface area (Å²) in [5.74, 6) is 0.388. The molecule has 1 aliphatic rings. The molecule has 0 heterocycles. The maximum Gasteiger partial charge on any atom is 0.223 e. The third-order valence-electron chi connectivity index (χ3n) is 4.98. The van der Waals surface area contributed by atoms with Crippen LogP contribution in [0.4, 0.5) is 0 Å². The molecule has 0 aromatic heterocycles. The van der Waals surface area contributed by atoms with Crippen molar-refractivity contribution in [2.24, 2.45) is 5.92 Å². The Bertz CT molecular complexity index is 891. The van der Waals surface area contributed by atoms with E-state index in [1.54, 1.807) is 0 Å². The standard InChI is InChI=1S/C22H21NO2/c24-21(18-11-10-15-6-4-5-9-17(15)12-18)14-23-22(25)20-13-19(20)16-7-2-1-3-8-16/h1-12,19-21,24H,13-14H2,(H,23,25). The van der Waals surface area contributed by atoms with E-state index in [1.165, 1.54) is 5.56 Å². The van der Waals surface area contributed by atoms with Crippen LogP contribution in [0.1, 0.15) is 29.6 Å². The molecule has 1 fully saturated rings. The first-order valence-corrected chi connectivity index (χ1v) is 8.72. The monoisotopic (exact) mass is 331 g/mol. The molecule has 0 saturated heterocycles. The van der Waals surface area contributed by atoms with Gasteiger partial charge in [-0.3, -0.25) is 4.79 Å². The topological polar surface area (TPSA) is 49.3 Å². The van der Waals surface area contributed by atoms with Crippen molar-refractivity contribution in [3.63, 3.8) is 0 Å². The Morgan fingerprint density at radius 3 is 2.52 bits per heavy atom. The van der Waals surface area contributed by atoms with Gasteiger partial charge in [0.1, 0.15) is 0 Å². The predicted octanol–water partition coefficient (Wildman–Crippen LogP) is 3.79. The van der Waals surface area contributed by atoms with Gasteiger partial charge in [-0.15, -0.1) is 0 Å². The van der Waals surface area contributed by atoms with Gasteiger partial charge in [-0.05, 0) is 40.3 Å². The van der Waals surface area contributed by atoms with Gasteiger partial charge in [0, 0.05) is 12.5 Å². The van der Waals surface area contributed by atoms with Crippen molar-refractivity contribution in [2.45, 2.75) is 18.4 Å². The highest BCUT2D eigenvalue weighted by Crippen LogP contribution is 2.47. The molecule has 0 spiro atoms. The summed E-state index contributed by atoms with van der Waals surface area (Å²) in [7, 11) is 0. The number of amides is 1. The maximum atomic E-state index is 12.3. The summed E-state index contributed by atoms with van der Waals surface area (Å²) in [5, 5.41) is 15.5. The quantitative estimate of drug-likeness (QED) is 0.747. The number of hydrogen-bond donors (Lipinski definition) is 2. The molecular weight excluding hydrogens is 310 g/mol. The van der Waals surface area contributed by atoms with E-state index in [4.69, 9.17) is 0 Å². The van der Waals surface area contributed by atoms with Crippen molar-refractivity contribution < 1.29 is 9.90 Å². The molecule has 0 radical (unpaired) electrons. The number of hydrogen-bond acceptors (Lipinski definition) is 2. The van der Waals surface area contributed by atoms with E-state index in [1.807, 2.05) is 60.7 Å². The van der Waals surface area contributed by atoms with E-state index in [9.17, 15) is 9.90 Å². The van der Waals surface area contributed by atoms with E-state index in [-0.39, 0.29) is 18.4 Å². The minimum atomic E-state index is -0.692. The Balaban J connectivity index is 1.35. The van der Waals surface area contributed by atoms with Gasteiger partial charge in [0.2, 0.25) is 5.91 Å². The zero-order valence-corrected chi connectivity index (χ0v) is 13.9. The fraction of sp³-hybridized carbons (Fsp3) is 0.227. The molecule has 1 aliphatic carbocycles. The molecule has 2 N–H and O–H groups in total. The van der Waals surface area contributed by atoms with Crippen LogP contribution in [-0.2, 0) is 4.79 Å². The Morgan fingerprint density at radius 1 is 1.00 bits per heavy atom. The maximum absolute atomic E-state index is 12.3. The molecule has 0 bridgehead atoms. The first kappa shape index (κ1) is 15.9. The molecule has 3 heteroatoms. The number of carbonyl (C=O) groups excluding carboxylic acids is 1. The summed E-state index contributed by atoms with van der Waals surface area (Å²) in [4.78, 5) is 12.3. The summed E-state index contributed by atoms with van der Waals surface area (Å²) in [6.45, 7) is 0.245. The van der Waals surface area contributed by atoms with Crippen LogP contribution in [0.5, 0.6) is 0 Å². The number of aliphatic hydroxyl groups is 1. The SMILES string of the molecule is O=C(NCC(O)c1ccc2ccccc2c1)C1CC1c1ccccc1. The highest BCUT2D eigenvalue weighted by Gasteiger charge is 2.43. The molecule has 126 valence electrons. The minimum absolute atomic E-state index is 0.0335. The summed E-state index contributed by atoms with van der Waals surface area (Å²) >= 11 is 0. The van der Waals surface area contributed by atoms with Crippen LogP contribution >= 0.6 is 0 Å². The van der Waals surface area contributed by atoms with Crippen LogP contribution in [0.15, 0.2) is 72.8 Å². The van der Waals surface area contributed by atoms with Crippen LogP contribution in [-0.4, -0.2) is 17.6 Å². The Kier molecular flexibility index (Phi) is 4.24. The normalized spacial score (nSPS) is 20.2. The second-order valence-electron chi connectivity index (χ2n) is 6.73. The van der Waals surface area contributed by atoms with Crippen molar-refractivity contribution in [3.8, 4) is 0 Å². The van der Waals surface area contributed by atoms with E-state index in [2.05, 4.69) is 17.4 Å². The predicted molar refractivity (Wildman–Crippen MR) is 99.2 cm³/mol. The molecule has 3 atom stereocenters. The van der Waals surface area contributed by atoms with Crippen LogP contribution < -0.4 is 5.32 Å². The molecule has 3 aromatic rings. The van der Waals surface area contributed by atoms with E-state index in [0.29, 0.717) is 5.92 Å². The zero-order valence-electron chi connectivity index (χ0n) is 13.9.